The first kappa shape index (κ1) is 22.5. The quantitative estimate of drug-likeness (QED) is 0.742. The van der Waals surface area contributed by atoms with Crippen LogP contribution >= 0.6 is 0 Å². The third kappa shape index (κ3) is 5.35. The number of hydrogen-bond donors (Lipinski definition) is 1. The van der Waals surface area contributed by atoms with Gasteiger partial charge in [0.2, 0.25) is 5.91 Å². The molecule has 32 heavy (non-hydrogen) atoms. The molecule has 1 amide bonds. The number of carbonyl (C=O) groups is 1. The largest absolute Gasteiger partial charge is 0.489 e. The number of rotatable bonds is 6. The minimum atomic E-state index is -0.269. The summed E-state index contributed by atoms with van der Waals surface area (Å²) in [5.41, 5.74) is 2.62. The average Bonchev–Trinajstić information content (AvgIpc) is 3.34. The van der Waals surface area contributed by atoms with Gasteiger partial charge in [-0.15, -0.1) is 0 Å². The number of nitrogens with zero attached hydrogens (tertiary/aromatic N) is 5. The molecule has 3 heterocycles. The lowest BCUT2D eigenvalue weighted by molar-refractivity contribution is -0.121. The Kier molecular flexibility index (Phi) is 6.33. The summed E-state index contributed by atoms with van der Waals surface area (Å²) in [4.78, 5) is 30.9. The molecule has 8 nitrogen and oxygen atoms in total. The summed E-state index contributed by atoms with van der Waals surface area (Å²) in [7, 11) is 4.02. The van der Waals surface area contributed by atoms with E-state index in [4.69, 9.17) is 14.7 Å². The number of nitrogens with one attached hydrogen (secondary N) is 1. The van der Waals surface area contributed by atoms with E-state index in [9.17, 15) is 4.79 Å². The van der Waals surface area contributed by atoms with E-state index < -0.39 is 0 Å². The molecule has 1 atom stereocenters. The third-order valence-corrected chi connectivity index (χ3v) is 5.78. The van der Waals surface area contributed by atoms with Crippen LogP contribution in [0.15, 0.2) is 18.3 Å². The van der Waals surface area contributed by atoms with Crippen LogP contribution in [0.4, 0.5) is 5.82 Å². The van der Waals surface area contributed by atoms with Crippen LogP contribution in [0.2, 0.25) is 0 Å². The molecule has 1 aliphatic carbocycles. The van der Waals surface area contributed by atoms with E-state index in [-0.39, 0.29) is 24.1 Å². The Balaban J connectivity index is 1.58. The molecule has 1 aliphatic heterocycles. The van der Waals surface area contributed by atoms with Gasteiger partial charge in [-0.25, -0.2) is 9.97 Å². The van der Waals surface area contributed by atoms with Gasteiger partial charge in [-0.1, -0.05) is 0 Å². The first-order chi connectivity index (χ1) is 15.2. The van der Waals surface area contributed by atoms with E-state index in [1.165, 1.54) is 0 Å². The van der Waals surface area contributed by atoms with E-state index in [2.05, 4.69) is 22.2 Å². The van der Waals surface area contributed by atoms with Crippen molar-refractivity contribution in [1.82, 2.24) is 25.2 Å². The van der Waals surface area contributed by atoms with Crippen molar-refractivity contribution in [2.45, 2.75) is 58.1 Å². The summed E-state index contributed by atoms with van der Waals surface area (Å²) in [6, 6.07) is 3.81. The van der Waals surface area contributed by atoms with Gasteiger partial charge in [0, 0.05) is 49.2 Å². The molecule has 0 aromatic carbocycles. The zero-order chi connectivity index (χ0) is 22.9. The van der Waals surface area contributed by atoms with Crippen molar-refractivity contribution in [2.75, 3.05) is 38.6 Å². The van der Waals surface area contributed by atoms with Crippen LogP contribution in [0, 0.1) is 0 Å². The molecule has 0 radical (unpaired) electrons. The highest BCUT2D eigenvalue weighted by Crippen LogP contribution is 2.31. The fourth-order valence-corrected chi connectivity index (χ4v) is 4.38. The highest BCUT2D eigenvalue weighted by molar-refractivity contribution is 5.82. The number of amides is 1. The normalized spacial score (nSPS) is 18.5. The van der Waals surface area contributed by atoms with Gasteiger partial charge in [-0.05, 0) is 59.6 Å². The highest BCUT2D eigenvalue weighted by atomic mass is 16.5. The minimum absolute atomic E-state index is 0.0260. The van der Waals surface area contributed by atoms with Gasteiger partial charge >= 0.3 is 0 Å². The summed E-state index contributed by atoms with van der Waals surface area (Å²) in [6.07, 6.45) is 5.87. The van der Waals surface area contributed by atoms with Crippen molar-refractivity contribution in [1.29, 1.82) is 0 Å². The fourth-order valence-electron chi connectivity index (χ4n) is 4.38. The zero-order valence-corrected chi connectivity index (χ0v) is 19.8. The van der Waals surface area contributed by atoms with E-state index in [1.54, 1.807) is 6.20 Å². The van der Waals surface area contributed by atoms with Crippen molar-refractivity contribution < 1.29 is 9.53 Å². The molecule has 4 rings (SSSR count). The van der Waals surface area contributed by atoms with Crippen molar-refractivity contribution in [2.24, 2.45) is 0 Å². The molecule has 2 aromatic heterocycles. The Hall–Kier alpha value is -2.74. The van der Waals surface area contributed by atoms with Crippen LogP contribution in [0.1, 0.15) is 44.9 Å². The molecule has 0 saturated carbocycles. The number of anilines is 1. The van der Waals surface area contributed by atoms with E-state index >= 15 is 0 Å². The van der Waals surface area contributed by atoms with Crippen molar-refractivity contribution in [3.8, 4) is 17.3 Å². The Morgan fingerprint density at radius 1 is 1.31 bits per heavy atom. The molecule has 1 saturated heterocycles. The summed E-state index contributed by atoms with van der Waals surface area (Å²) in [5, 5.41) is 3.02. The summed E-state index contributed by atoms with van der Waals surface area (Å²) >= 11 is 0. The van der Waals surface area contributed by atoms with Gasteiger partial charge in [-0.2, -0.15) is 0 Å². The molecule has 0 bridgehead atoms. The molecule has 1 N–H and O–H groups in total. The van der Waals surface area contributed by atoms with Crippen molar-refractivity contribution >= 4 is 11.7 Å². The van der Waals surface area contributed by atoms with Gasteiger partial charge < -0.3 is 19.9 Å². The third-order valence-electron chi connectivity index (χ3n) is 5.78. The number of fused-ring (bicyclic) bond motifs is 1. The highest BCUT2D eigenvalue weighted by Gasteiger charge is 2.25. The molecule has 0 spiro atoms. The SMILES string of the molecule is CN1CC[C@@H](Oc2ccnc(-c3nc4c(c(N(C)CC(=O)NC(C)(C)C)n3)CCC4)c2)C1. The maximum atomic E-state index is 12.5. The Morgan fingerprint density at radius 2 is 2.12 bits per heavy atom. The van der Waals surface area contributed by atoms with Crippen LogP contribution in [0.25, 0.3) is 11.5 Å². The molecule has 8 heteroatoms. The standard InChI is InChI=1S/C24H34N6O2/c1-24(2,3)28-21(31)15-30(5)23-18-7-6-8-19(18)26-22(27-23)20-13-16(9-11-25-20)32-17-10-12-29(4)14-17/h9,11,13,17H,6-8,10,12,14-15H2,1-5H3,(H,28,31)/t17-/m1/s1. The zero-order valence-electron chi connectivity index (χ0n) is 19.8. The maximum Gasteiger partial charge on any atom is 0.239 e. The second-order valence-corrected chi connectivity index (χ2v) is 9.97. The second kappa shape index (κ2) is 9.02. The predicted octanol–water partition coefficient (Wildman–Crippen LogP) is 2.46. The lowest BCUT2D eigenvalue weighted by atomic mass is 10.1. The molecule has 0 unspecified atom stereocenters. The summed E-state index contributed by atoms with van der Waals surface area (Å²) in [6.45, 7) is 8.17. The molecule has 1 fully saturated rings. The second-order valence-electron chi connectivity index (χ2n) is 9.97. The number of aromatic nitrogens is 3. The lowest BCUT2D eigenvalue weighted by Crippen LogP contribution is -2.45. The maximum absolute atomic E-state index is 12.5. The number of carbonyl (C=O) groups excluding carboxylic acids is 1. The number of hydrogen-bond acceptors (Lipinski definition) is 7. The van der Waals surface area contributed by atoms with E-state index in [0.29, 0.717) is 11.5 Å². The van der Waals surface area contributed by atoms with Gasteiger partial charge in [-0.3, -0.25) is 9.78 Å². The van der Waals surface area contributed by atoms with Gasteiger partial charge in [0.25, 0.3) is 0 Å². The van der Waals surface area contributed by atoms with Gasteiger partial charge in [0.15, 0.2) is 5.82 Å². The van der Waals surface area contributed by atoms with E-state index in [1.807, 2.05) is 44.9 Å². The van der Waals surface area contributed by atoms with Crippen LogP contribution in [-0.4, -0.2) is 71.1 Å². The van der Waals surface area contributed by atoms with Crippen LogP contribution in [0.3, 0.4) is 0 Å². The molecular formula is C24H34N6O2. The molecule has 2 aromatic rings. The van der Waals surface area contributed by atoms with Crippen LogP contribution in [0.5, 0.6) is 5.75 Å². The number of pyridine rings is 1. The van der Waals surface area contributed by atoms with Gasteiger partial charge in [0.1, 0.15) is 23.4 Å². The number of aryl methyl sites for hydroxylation is 1. The Bertz CT molecular complexity index is 987. The topological polar surface area (TPSA) is 83.5 Å². The number of ether oxygens (including phenoxy) is 1. The monoisotopic (exact) mass is 438 g/mol. The molecule has 2 aliphatic rings. The summed E-state index contributed by atoms with van der Waals surface area (Å²) in [5.74, 6) is 2.16. The first-order valence-electron chi connectivity index (χ1n) is 11.4. The summed E-state index contributed by atoms with van der Waals surface area (Å²) < 4.78 is 6.18. The smallest absolute Gasteiger partial charge is 0.239 e. The van der Waals surface area contributed by atoms with Crippen molar-refractivity contribution in [3.05, 3.63) is 29.6 Å². The lowest BCUT2D eigenvalue weighted by Gasteiger charge is -2.25. The van der Waals surface area contributed by atoms with Crippen LogP contribution < -0.4 is 15.0 Å². The Morgan fingerprint density at radius 3 is 2.84 bits per heavy atom. The molecular weight excluding hydrogens is 404 g/mol. The van der Waals surface area contributed by atoms with E-state index in [0.717, 1.165) is 61.6 Å². The fraction of sp³-hybridized carbons (Fsp3) is 0.583. The predicted molar refractivity (Wildman–Crippen MR) is 125 cm³/mol. The first-order valence-corrected chi connectivity index (χ1v) is 11.4. The average molecular weight is 439 g/mol. The minimum Gasteiger partial charge on any atom is -0.489 e. The number of likely N-dealkylation sites (N-methyl/N-ethyl adjacent to an activating group) is 2. The molecule has 172 valence electrons. The Labute approximate surface area is 190 Å². The number of likely N-dealkylation sites (tertiary alicyclic amines) is 1. The van der Waals surface area contributed by atoms with Crippen LogP contribution in [-0.2, 0) is 17.6 Å². The van der Waals surface area contributed by atoms with Crippen molar-refractivity contribution in [3.63, 3.8) is 0 Å². The van der Waals surface area contributed by atoms with Gasteiger partial charge in [0.05, 0.1) is 6.54 Å².